The predicted octanol–water partition coefficient (Wildman–Crippen LogP) is 1.15. The minimum Gasteiger partial charge on any atom is -0.481 e. The Morgan fingerprint density at radius 1 is 1.25 bits per heavy atom. The van der Waals surface area contributed by atoms with E-state index in [1.54, 1.807) is 0 Å². The van der Waals surface area contributed by atoms with Gasteiger partial charge in [0.05, 0.1) is 19.6 Å². The minimum atomic E-state index is -1.19. The molecule has 2 atom stereocenters. The molecule has 0 aromatic carbocycles. The molecule has 0 radical (unpaired) electrons. The van der Waals surface area contributed by atoms with E-state index in [4.69, 9.17) is 15.6 Å². The summed E-state index contributed by atoms with van der Waals surface area (Å²) in [5, 5.41) is 11.2. The van der Waals surface area contributed by atoms with Crippen LogP contribution < -0.4 is 11.1 Å². The lowest BCUT2D eigenvalue weighted by atomic mass is 9.78. The molecular weight excluding hydrogens is 332 g/mol. The van der Waals surface area contributed by atoms with Gasteiger partial charge in [0.25, 0.3) is 0 Å². The first-order chi connectivity index (χ1) is 10.9. The smallest absolute Gasteiger partial charge is 0.328 e. The van der Waals surface area contributed by atoms with Gasteiger partial charge < -0.3 is 20.9 Å². The van der Waals surface area contributed by atoms with Gasteiger partial charge in [0, 0.05) is 9.49 Å². The maximum atomic E-state index is 12.0. The molecule has 1 unspecified atom stereocenters. The Balaban J connectivity index is 2.68. The summed E-state index contributed by atoms with van der Waals surface area (Å²) in [5.74, 6) is -1.98. The number of nitrogens with one attached hydrogen (secondary N) is 1. The van der Waals surface area contributed by atoms with Crippen LogP contribution in [0.5, 0.6) is 0 Å². The van der Waals surface area contributed by atoms with Crippen LogP contribution >= 0.6 is 11.8 Å². The molecular formula is C16H28N2O5S. The van der Waals surface area contributed by atoms with E-state index >= 15 is 0 Å². The van der Waals surface area contributed by atoms with Crippen LogP contribution in [0.3, 0.4) is 0 Å². The van der Waals surface area contributed by atoms with E-state index in [9.17, 15) is 14.4 Å². The number of carboxylic acids is 1. The van der Waals surface area contributed by atoms with Crippen LogP contribution in [0, 0.1) is 5.92 Å². The summed E-state index contributed by atoms with van der Waals surface area (Å²) >= 11 is 1.90. The first-order valence-electron chi connectivity index (χ1n) is 7.96. The lowest BCUT2D eigenvalue weighted by Crippen LogP contribution is -2.55. The average molecular weight is 360 g/mol. The fourth-order valence-corrected chi connectivity index (χ4v) is 5.86. The second kappa shape index (κ2) is 7.74. The Morgan fingerprint density at radius 3 is 2.21 bits per heavy atom. The third-order valence-electron chi connectivity index (χ3n) is 4.48. The number of rotatable bonds is 8. The van der Waals surface area contributed by atoms with E-state index in [2.05, 4.69) is 33.0 Å². The first kappa shape index (κ1) is 20.8. The quantitative estimate of drug-likeness (QED) is 0.555. The number of carbonyl (C=O) groups is 3. The van der Waals surface area contributed by atoms with E-state index in [-0.39, 0.29) is 9.49 Å². The number of hydrogen-bond donors (Lipinski definition) is 3. The Labute approximate surface area is 147 Å². The Bertz CT molecular complexity index is 493. The molecule has 1 amide bonds. The predicted molar refractivity (Wildman–Crippen MR) is 92.6 cm³/mol. The second-order valence-electron chi connectivity index (χ2n) is 7.23. The van der Waals surface area contributed by atoms with Crippen molar-refractivity contribution in [3.63, 3.8) is 0 Å². The Kier molecular flexibility index (Phi) is 6.69. The number of aliphatic carboxylic acids is 1. The van der Waals surface area contributed by atoms with Crippen LogP contribution in [0.1, 0.15) is 47.0 Å². The minimum absolute atomic E-state index is 0.119. The van der Waals surface area contributed by atoms with Gasteiger partial charge in [-0.1, -0.05) is 27.7 Å². The Hall–Kier alpha value is -1.28. The summed E-state index contributed by atoms with van der Waals surface area (Å²) in [5.41, 5.74) is 5.54. The lowest BCUT2D eigenvalue weighted by Gasteiger charge is -2.57. The number of hydrogen-bond acceptors (Lipinski definition) is 6. The average Bonchev–Trinajstić information content (AvgIpc) is 2.42. The number of thioether (sulfide) groups is 1. The van der Waals surface area contributed by atoms with Crippen molar-refractivity contribution in [1.29, 1.82) is 0 Å². The van der Waals surface area contributed by atoms with Gasteiger partial charge in [0.2, 0.25) is 5.91 Å². The van der Waals surface area contributed by atoms with Crippen LogP contribution in [0.25, 0.3) is 0 Å². The van der Waals surface area contributed by atoms with E-state index in [1.165, 1.54) is 7.11 Å². The van der Waals surface area contributed by atoms with Crippen molar-refractivity contribution in [3.05, 3.63) is 0 Å². The van der Waals surface area contributed by atoms with E-state index < -0.39 is 36.4 Å². The monoisotopic (exact) mass is 360 g/mol. The summed E-state index contributed by atoms with van der Waals surface area (Å²) in [6.45, 7) is 8.67. The largest absolute Gasteiger partial charge is 0.481 e. The molecule has 0 saturated carbocycles. The number of nitrogens with two attached hydrogens (primary N) is 1. The summed E-state index contributed by atoms with van der Waals surface area (Å²) in [6.07, 6.45) is 0.691. The highest BCUT2D eigenvalue weighted by Gasteiger charge is 2.53. The molecule has 1 saturated heterocycles. The summed E-state index contributed by atoms with van der Waals surface area (Å²) in [6, 6.07) is -2.01. The van der Waals surface area contributed by atoms with Gasteiger partial charge >= 0.3 is 11.9 Å². The van der Waals surface area contributed by atoms with E-state index in [0.29, 0.717) is 12.3 Å². The molecule has 8 heteroatoms. The summed E-state index contributed by atoms with van der Waals surface area (Å²) in [4.78, 5) is 34.6. The third-order valence-corrected chi connectivity index (χ3v) is 6.10. The molecule has 4 N–H and O–H groups in total. The highest BCUT2D eigenvalue weighted by molar-refractivity contribution is 8.03. The maximum Gasteiger partial charge on any atom is 0.328 e. The van der Waals surface area contributed by atoms with Crippen molar-refractivity contribution >= 4 is 29.6 Å². The molecule has 7 nitrogen and oxygen atoms in total. The third kappa shape index (κ3) is 5.11. The molecule has 0 spiro atoms. The molecule has 1 aliphatic heterocycles. The number of esters is 1. The van der Waals surface area contributed by atoms with Crippen molar-refractivity contribution in [2.75, 3.05) is 7.11 Å². The fourth-order valence-electron chi connectivity index (χ4n) is 3.58. The van der Waals surface area contributed by atoms with Crippen molar-refractivity contribution < 1.29 is 24.2 Å². The van der Waals surface area contributed by atoms with Crippen molar-refractivity contribution in [3.8, 4) is 0 Å². The highest BCUT2D eigenvalue weighted by atomic mass is 32.2. The molecule has 1 aliphatic rings. The Morgan fingerprint density at radius 2 is 1.79 bits per heavy atom. The number of carbonyl (C=O) groups excluding carboxylic acids is 2. The van der Waals surface area contributed by atoms with E-state index in [1.807, 2.05) is 11.8 Å². The van der Waals surface area contributed by atoms with E-state index in [0.717, 1.165) is 6.42 Å². The lowest BCUT2D eigenvalue weighted by molar-refractivity contribution is -0.145. The highest BCUT2D eigenvalue weighted by Crippen LogP contribution is 2.60. The van der Waals surface area contributed by atoms with Gasteiger partial charge in [-0.3, -0.25) is 9.59 Å². The van der Waals surface area contributed by atoms with Gasteiger partial charge in [-0.05, 0) is 18.8 Å². The second-order valence-corrected chi connectivity index (χ2v) is 9.54. The molecule has 24 heavy (non-hydrogen) atoms. The molecule has 0 aromatic heterocycles. The SMILES string of the molecule is COC(=O)C(CCC1C(C)(C)SC1(C)C)NC(=O)[C@@H](N)CC(=O)O. The molecule has 1 fully saturated rings. The van der Waals surface area contributed by atoms with Gasteiger partial charge in [-0.15, -0.1) is 11.8 Å². The zero-order valence-electron chi connectivity index (χ0n) is 14.9. The summed E-state index contributed by atoms with van der Waals surface area (Å²) < 4.78 is 4.98. The maximum absolute atomic E-state index is 12.0. The van der Waals surface area contributed by atoms with Crippen LogP contribution in [-0.4, -0.2) is 51.6 Å². The van der Waals surface area contributed by atoms with Crippen LogP contribution in [0.4, 0.5) is 0 Å². The molecule has 1 heterocycles. The fraction of sp³-hybridized carbons (Fsp3) is 0.812. The van der Waals surface area contributed by atoms with Crippen LogP contribution in [0.15, 0.2) is 0 Å². The number of carboxylic acid groups (broad SMARTS) is 1. The number of amides is 1. The molecule has 0 bridgehead atoms. The standard InChI is InChI=1S/C16H28N2O5S/c1-15(2)11(16(3,4)24-15)7-6-10(14(22)23-5)18-13(21)9(17)8-12(19)20/h9-11H,6-8,17H2,1-5H3,(H,18,21)(H,19,20)/t9-,10?/m0/s1. The normalized spacial score (nSPS) is 21.2. The molecule has 138 valence electrons. The molecule has 0 aromatic rings. The summed E-state index contributed by atoms with van der Waals surface area (Å²) in [7, 11) is 1.26. The number of methoxy groups -OCH3 is 1. The molecule has 1 rings (SSSR count). The zero-order chi connectivity index (χ0) is 18.7. The topological polar surface area (TPSA) is 119 Å². The van der Waals surface area contributed by atoms with Crippen molar-refractivity contribution in [2.45, 2.75) is 68.5 Å². The van der Waals surface area contributed by atoms with Gasteiger partial charge in [0.15, 0.2) is 0 Å². The van der Waals surface area contributed by atoms with Crippen molar-refractivity contribution in [2.24, 2.45) is 11.7 Å². The van der Waals surface area contributed by atoms with Crippen LogP contribution in [-0.2, 0) is 19.1 Å². The molecule has 0 aliphatic carbocycles. The van der Waals surface area contributed by atoms with Crippen molar-refractivity contribution in [1.82, 2.24) is 5.32 Å². The van der Waals surface area contributed by atoms with Gasteiger partial charge in [-0.2, -0.15) is 0 Å². The van der Waals surface area contributed by atoms with Gasteiger partial charge in [-0.25, -0.2) is 4.79 Å². The van der Waals surface area contributed by atoms with Gasteiger partial charge in [0.1, 0.15) is 6.04 Å². The first-order valence-corrected chi connectivity index (χ1v) is 8.78. The van der Waals surface area contributed by atoms with Crippen LogP contribution in [0.2, 0.25) is 0 Å². The zero-order valence-corrected chi connectivity index (χ0v) is 15.7. The number of ether oxygens (including phenoxy) is 1.